The van der Waals surface area contributed by atoms with Gasteiger partial charge in [0.15, 0.2) is 28.9 Å². The number of halogens is 3. The lowest BCUT2D eigenvalue weighted by Gasteiger charge is -2.32. The third-order valence-electron chi connectivity index (χ3n) is 11.8. The van der Waals surface area contributed by atoms with Gasteiger partial charge in [0.05, 0.1) is 49.1 Å². The molecule has 69 heavy (non-hydrogen) atoms. The fourth-order valence-electron chi connectivity index (χ4n) is 8.64. The maximum atomic E-state index is 15.0. The first-order valence-electron chi connectivity index (χ1n) is 22.7. The number of urea groups is 1. The molecule has 5 heterocycles. The second kappa shape index (κ2) is 21.3. The van der Waals surface area contributed by atoms with E-state index in [-0.39, 0.29) is 61.8 Å². The summed E-state index contributed by atoms with van der Waals surface area (Å²) < 4.78 is 79.7. The minimum Gasteiger partial charge on any atom is -0.493 e. The van der Waals surface area contributed by atoms with E-state index >= 15 is 0 Å². The van der Waals surface area contributed by atoms with Crippen molar-refractivity contribution >= 4 is 56.0 Å². The highest BCUT2D eigenvalue weighted by Crippen LogP contribution is 2.37. The Morgan fingerprint density at radius 3 is 2.19 bits per heavy atom. The van der Waals surface area contributed by atoms with Gasteiger partial charge in [0, 0.05) is 70.0 Å². The van der Waals surface area contributed by atoms with Gasteiger partial charge in [-0.25, -0.2) is 26.4 Å². The Balaban J connectivity index is 0.000000188. The van der Waals surface area contributed by atoms with Gasteiger partial charge < -0.3 is 19.1 Å². The molecule has 4 aliphatic rings. The number of hydrogen-bond acceptors (Lipinski definition) is 12. The fraction of sp³-hybridized carbons (Fsp3) is 0.408. The van der Waals surface area contributed by atoms with Gasteiger partial charge in [-0.3, -0.25) is 39.1 Å². The summed E-state index contributed by atoms with van der Waals surface area (Å²) in [6.45, 7) is 5.39. The zero-order valence-electron chi connectivity index (χ0n) is 39.2. The van der Waals surface area contributed by atoms with Crippen LogP contribution < -0.4 is 29.3 Å². The van der Waals surface area contributed by atoms with E-state index in [0.717, 1.165) is 55.3 Å². The summed E-state index contributed by atoms with van der Waals surface area (Å²) in [6.07, 6.45) is 6.28. The van der Waals surface area contributed by atoms with Crippen molar-refractivity contribution < 1.29 is 55.0 Å². The predicted octanol–water partition coefficient (Wildman–Crippen LogP) is 7.72. The molecule has 9 rings (SSSR count). The van der Waals surface area contributed by atoms with Crippen LogP contribution in [0.15, 0.2) is 72.8 Å². The number of piperidine rings is 2. The molecule has 20 heteroatoms. The Labute approximate surface area is 398 Å². The molecule has 0 aliphatic carbocycles. The van der Waals surface area contributed by atoms with Crippen LogP contribution in [0.4, 0.5) is 29.5 Å². The molecule has 0 atom stereocenters. The normalized spacial score (nSPS) is 17.1. The molecule has 0 spiro atoms. The minimum atomic E-state index is -2.67. The number of nitrogens with one attached hydrogen (secondary N) is 1. The molecule has 3 saturated heterocycles. The van der Waals surface area contributed by atoms with Crippen molar-refractivity contribution in [2.24, 2.45) is 7.05 Å². The van der Waals surface area contributed by atoms with Crippen LogP contribution in [0.2, 0.25) is 0 Å². The molecule has 368 valence electrons. The second-order valence-corrected chi connectivity index (χ2v) is 19.7. The Bertz CT molecular complexity index is 2830. The summed E-state index contributed by atoms with van der Waals surface area (Å²) in [6, 6.07) is 20.1. The van der Waals surface area contributed by atoms with Gasteiger partial charge in [0.1, 0.15) is 15.6 Å². The van der Waals surface area contributed by atoms with E-state index in [4.69, 9.17) is 14.2 Å². The van der Waals surface area contributed by atoms with E-state index in [1.54, 1.807) is 55.5 Å². The Kier molecular flexibility index (Phi) is 15.5. The molecule has 4 aromatic carbocycles. The van der Waals surface area contributed by atoms with Crippen molar-refractivity contribution in [1.29, 1.82) is 0 Å². The lowest BCUT2D eigenvalue weighted by molar-refractivity contribution is -0.120. The summed E-state index contributed by atoms with van der Waals surface area (Å²) in [4.78, 5) is 56.5. The van der Waals surface area contributed by atoms with E-state index in [0.29, 0.717) is 65.4 Å². The number of ether oxygens (including phenoxy) is 3. The number of hydrogen-bond donors (Lipinski definition) is 1. The summed E-state index contributed by atoms with van der Waals surface area (Å²) >= 11 is 0. The second-order valence-electron chi connectivity index (χ2n) is 17.4. The van der Waals surface area contributed by atoms with E-state index < -0.39 is 27.6 Å². The van der Waals surface area contributed by atoms with E-state index in [1.807, 2.05) is 31.2 Å². The summed E-state index contributed by atoms with van der Waals surface area (Å²) in [5, 5.41) is 6.99. The molecule has 5 amide bonds. The first kappa shape index (κ1) is 50.2. The largest absolute Gasteiger partial charge is 0.493 e. The number of aryl methyl sites for hydroxylation is 1. The van der Waals surface area contributed by atoms with Gasteiger partial charge in [-0.05, 0) is 92.7 Å². The van der Waals surface area contributed by atoms with Crippen LogP contribution in [0.5, 0.6) is 23.0 Å². The van der Waals surface area contributed by atoms with Crippen LogP contribution in [0.3, 0.4) is 0 Å². The average Bonchev–Trinajstić information content (AvgIpc) is 3.74. The van der Waals surface area contributed by atoms with Crippen molar-refractivity contribution in [3.05, 3.63) is 101 Å². The van der Waals surface area contributed by atoms with Gasteiger partial charge >= 0.3 is 6.03 Å². The lowest BCUT2D eigenvalue weighted by Crippen LogP contribution is -2.49. The first-order valence-corrected chi connectivity index (χ1v) is 25.0. The molecule has 0 saturated carbocycles. The van der Waals surface area contributed by atoms with Crippen molar-refractivity contribution in [3.63, 3.8) is 0 Å². The number of fused-ring (bicyclic) bond motifs is 2. The number of nitrogens with zero attached hydrogens (tertiary/aromatic N) is 6. The molecule has 0 unspecified atom stereocenters. The Morgan fingerprint density at radius 1 is 0.812 bits per heavy atom. The van der Waals surface area contributed by atoms with Gasteiger partial charge in [-0.2, -0.15) is 5.10 Å². The summed E-state index contributed by atoms with van der Waals surface area (Å²) in [5.41, 5.74) is 4.15. The Hall–Kier alpha value is -6.67. The third-order valence-corrected chi connectivity index (χ3v) is 11.8. The average molecular weight is 976 g/mol. The highest BCUT2D eigenvalue weighted by Gasteiger charge is 2.39. The molecule has 0 radical (unpaired) electrons. The first-order chi connectivity index (χ1) is 32.8. The van der Waals surface area contributed by atoms with Crippen LogP contribution >= 0.6 is 0 Å². The highest BCUT2D eigenvalue weighted by molar-refractivity contribution is 7.89. The molecule has 1 aromatic heterocycles. The Morgan fingerprint density at radius 2 is 1.52 bits per heavy atom. The van der Waals surface area contributed by atoms with Crippen LogP contribution in [-0.4, -0.2) is 117 Å². The minimum absolute atomic E-state index is 0.0197. The monoisotopic (exact) mass is 975 g/mol. The quantitative estimate of drug-likeness (QED) is 0.128. The zero-order chi connectivity index (χ0) is 49.6. The van der Waals surface area contributed by atoms with Gasteiger partial charge in [0.25, 0.3) is 17.7 Å². The smallest absolute Gasteiger partial charge is 0.329 e. The number of sulfone groups is 1. The highest BCUT2D eigenvalue weighted by atomic mass is 32.2. The standard InChI is InChI=1S/C24H24F3N5O3.C23H26N2O4.C2H6O2S/c1-30-19-12-20(18(25)11-17(19)22(29-30)32-10-7-21(33)28-23(32)34)35-16-5-3-15(4-6-16)13-31-9-2-8-24(26,27)14-31;1-3-29-20-14-16(10-11-19(20)28-2)15-25-22(26)17-8-7-9-18(21(17)23(25)27)24-12-5-4-6-13-24;1-5(2,3)4/h3-6,11-12H,2,7-10,13-14H2,1H3,(H,28,33,34);7-11,14H,3-6,12-13,15H2,1-2H3;1-2H3. The summed E-state index contributed by atoms with van der Waals surface area (Å²) in [7, 11) is 0.587. The number of amides is 5. The van der Waals surface area contributed by atoms with Crippen LogP contribution in [0.25, 0.3) is 10.9 Å². The van der Waals surface area contributed by atoms with Crippen LogP contribution in [-0.2, 0) is 34.8 Å². The number of likely N-dealkylation sites (tertiary alicyclic amines) is 1. The maximum absolute atomic E-state index is 15.0. The molecule has 1 N–H and O–H groups in total. The SMILES string of the molecule is CCOc1cc(CN2C(=O)c3cccc(N4CCCCC4)c3C2=O)ccc1OC.CS(C)(=O)=O.Cn1nc(N2CCC(=O)NC2=O)c2cc(F)c(Oc3ccc(CN4CCCC(F)(F)C4)cc3)cc21. The topological polar surface area (TPSA) is 173 Å². The number of aromatic nitrogens is 2. The number of anilines is 2. The molecular formula is C49H56F3N7O9S. The number of methoxy groups -OCH3 is 1. The summed E-state index contributed by atoms with van der Waals surface area (Å²) in [5.74, 6) is -2.25. The molecule has 0 bridgehead atoms. The van der Waals surface area contributed by atoms with Crippen LogP contribution in [0, 0.1) is 5.82 Å². The van der Waals surface area contributed by atoms with Gasteiger partial charge in [-0.1, -0.05) is 24.3 Å². The molecular weight excluding hydrogens is 920 g/mol. The van der Waals surface area contributed by atoms with Gasteiger partial charge in [-0.15, -0.1) is 0 Å². The number of carbonyl (C=O) groups is 4. The number of rotatable bonds is 11. The van der Waals surface area contributed by atoms with Crippen molar-refractivity contribution in [3.8, 4) is 23.0 Å². The maximum Gasteiger partial charge on any atom is 0.329 e. The van der Waals surface area contributed by atoms with E-state index in [2.05, 4.69) is 15.3 Å². The van der Waals surface area contributed by atoms with E-state index in [1.165, 1.54) is 33.0 Å². The number of carbonyl (C=O) groups excluding carboxylic acids is 4. The number of imide groups is 2. The zero-order valence-corrected chi connectivity index (χ0v) is 40.0. The van der Waals surface area contributed by atoms with Crippen molar-refractivity contribution in [1.82, 2.24) is 24.9 Å². The van der Waals surface area contributed by atoms with E-state index in [9.17, 15) is 40.8 Å². The van der Waals surface area contributed by atoms with Crippen LogP contribution in [0.1, 0.15) is 77.3 Å². The number of benzene rings is 4. The third kappa shape index (κ3) is 12.3. The molecule has 5 aromatic rings. The van der Waals surface area contributed by atoms with Crippen molar-refractivity contribution in [2.45, 2.75) is 64.5 Å². The number of alkyl halides is 2. The fourth-order valence-corrected chi connectivity index (χ4v) is 8.64. The molecule has 3 fully saturated rings. The predicted molar refractivity (Wildman–Crippen MR) is 254 cm³/mol. The molecule has 4 aliphatic heterocycles. The lowest BCUT2D eigenvalue weighted by atomic mass is 10.0. The van der Waals surface area contributed by atoms with Gasteiger partial charge in [0.2, 0.25) is 5.91 Å². The molecule has 16 nitrogen and oxygen atoms in total. The van der Waals surface area contributed by atoms with Crippen molar-refractivity contribution in [2.75, 3.05) is 68.8 Å².